The number of amides is 3. The second-order valence-electron chi connectivity index (χ2n) is 11.9. The smallest absolute Gasteiger partial charge is 0.251 e. The molecule has 2 aromatic rings. The zero-order chi connectivity index (χ0) is 31.1. The van der Waals surface area contributed by atoms with Crippen LogP contribution >= 0.6 is 23.4 Å². The van der Waals surface area contributed by atoms with Crippen LogP contribution in [0.1, 0.15) is 38.7 Å². The Morgan fingerprint density at radius 1 is 1.09 bits per heavy atom. The lowest BCUT2D eigenvalue weighted by molar-refractivity contribution is -0.142. The standard InChI is InChI=1S/C34H40ClN3O4S/c1-6-19-36(24-14-10-9-11-15-24)30(40)26-27-31(41)38(23(8-3)21-39)29(34(27)18-17-33(26,5)43-34)32(42)37(20-7-2)28-22(4)13-12-16-25(28)35/h6-7,9-16,23,26-27,29,39H,1-2,8,17-21H2,3-5H3/t23-,26-,27-,29?,33+,34?/m0/s1. The minimum absolute atomic E-state index is 0.143. The van der Waals surface area contributed by atoms with E-state index in [2.05, 4.69) is 20.1 Å². The molecule has 228 valence electrons. The maximum absolute atomic E-state index is 14.9. The van der Waals surface area contributed by atoms with Gasteiger partial charge in [-0.05, 0) is 56.9 Å². The van der Waals surface area contributed by atoms with Gasteiger partial charge in [-0.2, -0.15) is 0 Å². The minimum Gasteiger partial charge on any atom is -0.394 e. The summed E-state index contributed by atoms with van der Waals surface area (Å²) in [5.41, 5.74) is 2.14. The number of thioether (sulfide) groups is 1. The van der Waals surface area contributed by atoms with Gasteiger partial charge in [-0.3, -0.25) is 14.4 Å². The van der Waals surface area contributed by atoms with Crippen molar-refractivity contribution in [2.75, 3.05) is 29.5 Å². The number of fused-ring (bicyclic) bond motifs is 1. The van der Waals surface area contributed by atoms with E-state index in [4.69, 9.17) is 11.6 Å². The molecule has 1 N–H and O–H groups in total. The lowest BCUT2D eigenvalue weighted by Gasteiger charge is -2.40. The summed E-state index contributed by atoms with van der Waals surface area (Å²) < 4.78 is -1.38. The van der Waals surface area contributed by atoms with E-state index in [0.717, 1.165) is 11.3 Å². The lowest BCUT2D eigenvalue weighted by atomic mass is 9.66. The Balaban J connectivity index is 1.65. The molecule has 2 bridgehead atoms. The SMILES string of the molecule is C=CCN(C(=O)[C@@H]1[C@H]2C(=O)N([C@@H](CC)CO)C(C(=O)N(CC=C)c3c(C)cccc3Cl)C23CC[C@@]1(C)S3)c1ccccc1. The third-order valence-corrected chi connectivity index (χ3v) is 11.8. The predicted octanol–water partition coefficient (Wildman–Crippen LogP) is 5.64. The number of carbonyl (C=O) groups is 3. The molecule has 3 heterocycles. The van der Waals surface area contributed by atoms with Gasteiger partial charge in [0, 0.05) is 23.5 Å². The Kier molecular flexibility index (Phi) is 8.85. The van der Waals surface area contributed by atoms with Gasteiger partial charge < -0.3 is 19.8 Å². The molecule has 3 fully saturated rings. The first kappa shape index (κ1) is 31.4. The molecular formula is C34H40ClN3O4S. The molecule has 0 saturated carbocycles. The van der Waals surface area contributed by atoms with E-state index in [1.807, 2.05) is 56.3 Å². The van der Waals surface area contributed by atoms with Crippen molar-refractivity contribution in [3.8, 4) is 0 Å². The summed E-state index contributed by atoms with van der Waals surface area (Å²) in [6.45, 7) is 13.9. The van der Waals surface area contributed by atoms with Crippen molar-refractivity contribution in [3.05, 3.63) is 84.4 Å². The highest BCUT2D eigenvalue weighted by atomic mass is 35.5. The normalized spacial score (nSPS) is 28.0. The van der Waals surface area contributed by atoms with Gasteiger partial charge in [-0.1, -0.05) is 61.0 Å². The third kappa shape index (κ3) is 4.92. The van der Waals surface area contributed by atoms with Gasteiger partial charge in [0.25, 0.3) is 5.91 Å². The van der Waals surface area contributed by atoms with Crippen LogP contribution in [0.5, 0.6) is 0 Å². The van der Waals surface area contributed by atoms with Crippen LogP contribution in [0.3, 0.4) is 0 Å². The number of hydrogen-bond acceptors (Lipinski definition) is 5. The van der Waals surface area contributed by atoms with E-state index in [1.54, 1.807) is 44.7 Å². The number of hydrogen-bond donors (Lipinski definition) is 1. The average molecular weight is 622 g/mol. The number of halogens is 1. The first-order valence-corrected chi connectivity index (χ1v) is 16.1. The van der Waals surface area contributed by atoms with Crippen molar-refractivity contribution in [1.29, 1.82) is 0 Å². The number of carbonyl (C=O) groups excluding carboxylic acids is 3. The minimum atomic E-state index is -0.882. The van der Waals surface area contributed by atoms with Crippen LogP contribution in [0.2, 0.25) is 5.02 Å². The fourth-order valence-electron chi connectivity index (χ4n) is 7.59. The van der Waals surface area contributed by atoms with Crippen LogP contribution in [0.4, 0.5) is 11.4 Å². The largest absolute Gasteiger partial charge is 0.394 e. The highest BCUT2D eigenvalue weighted by Crippen LogP contribution is 2.72. The molecule has 3 amide bonds. The molecule has 9 heteroatoms. The number of likely N-dealkylation sites (tertiary alicyclic amines) is 1. The number of nitrogens with zero attached hydrogens (tertiary/aromatic N) is 3. The van der Waals surface area contributed by atoms with E-state index in [1.165, 1.54) is 0 Å². The van der Waals surface area contributed by atoms with Gasteiger partial charge in [0.15, 0.2) is 0 Å². The van der Waals surface area contributed by atoms with Crippen LogP contribution in [0, 0.1) is 18.8 Å². The van der Waals surface area contributed by atoms with E-state index < -0.39 is 33.4 Å². The van der Waals surface area contributed by atoms with Gasteiger partial charge in [0.2, 0.25) is 11.8 Å². The molecule has 2 aromatic carbocycles. The summed E-state index contributed by atoms with van der Waals surface area (Å²) in [6, 6.07) is 13.5. The number of aliphatic hydroxyl groups is 1. The van der Waals surface area contributed by atoms with Crippen LogP contribution < -0.4 is 9.80 Å². The Morgan fingerprint density at radius 3 is 2.37 bits per heavy atom. The van der Waals surface area contributed by atoms with Crippen LogP contribution in [0.25, 0.3) is 0 Å². The summed E-state index contributed by atoms with van der Waals surface area (Å²) in [4.78, 5) is 49.1. The summed E-state index contributed by atoms with van der Waals surface area (Å²) in [5, 5.41) is 10.9. The quantitative estimate of drug-likeness (QED) is 0.329. The molecule has 5 rings (SSSR count). The van der Waals surface area contributed by atoms with Crippen molar-refractivity contribution in [2.24, 2.45) is 11.8 Å². The van der Waals surface area contributed by atoms with E-state index in [9.17, 15) is 19.5 Å². The first-order valence-electron chi connectivity index (χ1n) is 14.9. The maximum atomic E-state index is 14.9. The summed E-state index contributed by atoms with van der Waals surface area (Å²) in [5.74, 6) is -2.02. The van der Waals surface area contributed by atoms with Gasteiger partial charge in [0.05, 0.1) is 39.9 Å². The van der Waals surface area contributed by atoms with Gasteiger partial charge in [-0.25, -0.2) is 0 Å². The van der Waals surface area contributed by atoms with Gasteiger partial charge in [0.1, 0.15) is 6.04 Å². The Bertz CT molecular complexity index is 1410. The first-order chi connectivity index (χ1) is 20.6. The van der Waals surface area contributed by atoms with Crippen molar-refractivity contribution in [2.45, 2.75) is 61.6 Å². The van der Waals surface area contributed by atoms with Crippen LogP contribution in [-0.4, -0.2) is 69.0 Å². The topological polar surface area (TPSA) is 81.2 Å². The molecule has 0 radical (unpaired) electrons. The number of para-hydroxylation sites is 2. The van der Waals surface area contributed by atoms with Crippen molar-refractivity contribution in [3.63, 3.8) is 0 Å². The molecule has 0 aliphatic carbocycles. The fourth-order valence-corrected chi connectivity index (χ4v) is 10.2. The highest BCUT2D eigenvalue weighted by Gasteiger charge is 2.78. The van der Waals surface area contributed by atoms with Gasteiger partial charge >= 0.3 is 0 Å². The summed E-state index contributed by atoms with van der Waals surface area (Å²) in [7, 11) is 0. The Morgan fingerprint density at radius 2 is 1.77 bits per heavy atom. The number of aryl methyl sites for hydroxylation is 1. The van der Waals surface area contributed by atoms with Crippen molar-refractivity contribution < 1.29 is 19.5 Å². The lowest BCUT2D eigenvalue weighted by Crippen LogP contribution is -2.57. The molecule has 0 aromatic heterocycles. The number of aliphatic hydroxyl groups excluding tert-OH is 1. The third-order valence-electron chi connectivity index (χ3n) is 9.47. The molecule has 1 spiro atoms. The maximum Gasteiger partial charge on any atom is 0.251 e. The van der Waals surface area contributed by atoms with Crippen molar-refractivity contribution in [1.82, 2.24) is 4.90 Å². The number of rotatable bonds is 11. The molecule has 6 atom stereocenters. The Labute approximate surface area is 263 Å². The molecule has 43 heavy (non-hydrogen) atoms. The second kappa shape index (κ2) is 12.1. The number of benzene rings is 2. The Hall–Kier alpha value is -3.07. The predicted molar refractivity (Wildman–Crippen MR) is 174 cm³/mol. The zero-order valence-corrected chi connectivity index (χ0v) is 26.6. The highest BCUT2D eigenvalue weighted by molar-refractivity contribution is 8.02. The number of anilines is 2. The molecule has 3 aliphatic heterocycles. The summed E-state index contributed by atoms with van der Waals surface area (Å²) >= 11 is 8.30. The van der Waals surface area contributed by atoms with Crippen molar-refractivity contribution >= 4 is 52.5 Å². The van der Waals surface area contributed by atoms with Crippen LogP contribution in [-0.2, 0) is 14.4 Å². The summed E-state index contributed by atoms with van der Waals surface area (Å²) in [6.07, 6.45) is 5.11. The molecule has 3 aliphatic rings. The zero-order valence-electron chi connectivity index (χ0n) is 25.0. The van der Waals surface area contributed by atoms with E-state index in [-0.39, 0.29) is 30.9 Å². The van der Waals surface area contributed by atoms with E-state index >= 15 is 0 Å². The van der Waals surface area contributed by atoms with E-state index in [0.29, 0.717) is 36.5 Å². The molecule has 3 saturated heterocycles. The second-order valence-corrected chi connectivity index (χ2v) is 14.2. The molecule has 7 nitrogen and oxygen atoms in total. The molecule has 2 unspecified atom stereocenters. The monoisotopic (exact) mass is 621 g/mol. The average Bonchev–Trinajstić information content (AvgIpc) is 3.56. The van der Waals surface area contributed by atoms with Crippen LogP contribution in [0.15, 0.2) is 73.8 Å². The fraction of sp³-hybridized carbons (Fsp3) is 0.441. The van der Waals surface area contributed by atoms with Gasteiger partial charge in [-0.15, -0.1) is 24.9 Å². The molecular weight excluding hydrogens is 582 g/mol.